The molecule has 1 aromatic heterocycles. The molecule has 0 aliphatic carbocycles. The summed E-state index contributed by atoms with van der Waals surface area (Å²) in [6.07, 6.45) is 0. The van der Waals surface area contributed by atoms with Crippen molar-refractivity contribution in [1.82, 2.24) is 15.5 Å². The Morgan fingerprint density at radius 2 is 1.71 bits per heavy atom. The highest BCUT2D eigenvalue weighted by Crippen LogP contribution is 2.21. The first-order valence-electron chi connectivity index (χ1n) is 6.32. The molecule has 0 aliphatic rings. The van der Waals surface area contributed by atoms with Crippen LogP contribution in [0.3, 0.4) is 0 Å². The third-order valence-corrected chi connectivity index (χ3v) is 3.00. The summed E-state index contributed by atoms with van der Waals surface area (Å²) < 4.78 is 5.31. The minimum absolute atomic E-state index is 0.0644. The number of nitrogens with zero attached hydrogens (tertiary/aromatic N) is 2. The first-order chi connectivity index (χ1) is 7.71. The maximum atomic E-state index is 5.31. The van der Waals surface area contributed by atoms with Gasteiger partial charge < -0.3 is 9.84 Å². The molecule has 0 aliphatic heterocycles. The van der Waals surface area contributed by atoms with Gasteiger partial charge in [-0.05, 0) is 19.8 Å². The number of nitrogens with one attached hydrogen (secondary N) is 1. The van der Waals surface area contributed by atoms with Crippen LogP contribution in [0.2, 0.25) is 0 Å². The highest BCUT2D eigenvalue weighted by atomic mass is 16.5. The van der Waals surface area contributed by atoms with Gasteiger partial charge in [0.15, 0.2) is 5.82 Å². The third-order valence-electron chi connectivity index (χ3n) is 3.00. The Hall–Kier alpha value is -0.900. The summed E-state index contributed by atoms with van der Waals surface area (Å²) in [6.45, 7) is 14.8. The molecule has 4 nitrogen and oxygen atoms in total. The summed E-state index contributed by atoms with van der Waals surface area (Å²) in [4.78, 5) is 4.45. The normalized spacial score (nSPS) is 16.2. The van der Waals surface area contributed by atoms with Crippen LogP contribution in [0.25, 0.3) is 0 Å². The van der Waals surface area contributed by atoms with Crippen LogP contribution in [0.5, 0.6) is 0 Å². The predicted molar refractivity (Wildman–Crippen MR) is 68.8 cm³/mol. The quantitative estimate of drug-likeness (QED) is 0.877. The van der Waals surface area contributed by atoms with Crippen LogP contribution in [-0.4, -0.2) is 16.2 Å². The van der Waals surface area contributed by atoms with Crippen LogP contribution >= 0.6 is 0 Å². The lowest BCUT2D eigenvalue weighted by atomic mass is 9.96. The smallest absolute Gasteiger partial charge is 0.243 e. The predicted octanol–water partition coefficient (Wildman–Crippen LogP) is 3.06. The van der Waals surface area contributed by atoms with E-state index in [0.717, 1.165) is 5.82 Å². The minimum Gasteiger partial charge on any atom is -0.338 e. The van der Waals surface area contributed by atoms with Crippen LogP contribution in [0.1, 0.15) is 66.2 Å². The molecule has 1 rings (SSSR count). The Kier molecular flexibility index (Phi) is 4.31. The van der Waals surface area contributed by atoms with Crippen LogP contribution in [-0.2, 0) is 5.41 Å². The molecule has 2 atom stereocenters. The lowest BCUT2D eigenvalue weighted by Gasteiger charge is -2.20. The molecule has 0 saturated carbocycles. The average molecular weight is 239 g/mol. The molecule has 2 unspecified atom stereocenters. The second-order valence-electron chi connectivity index (χ2n) is 6.13. The Morgan fingerprint density at radius 1 is 1.12 bits per heavy atom. The second-order valence-corrected chi connectivity index (χ2v) is 6.13. The van der Waals surface area contributed by atoms with Gasteiger partial charge in [-0.25, -0.2) is 0 Å². The second kappa shape index (κ2) is 5.17. The first-order valence-corrected chi connectivity index (χ1v) is 6.32. The molecule has 1 aromatic rings. The molecule has 0 saturated heterocycles. The monoisotopic (exact) mass is 239 g/mol. The van der Waals surface area contributed by atoms with Crippen molar-refractivity contribution in [3.05, 3.63) is 11.7 Å². The van der Waals surface area contributed by atoms with Gasteiger partial charge in [-0.1, -0.05) is 39.8 Å². The van der Waals surface area contributed by atoms with Gasteiger partial charge in [-0.2, -0.15) is 4.98 Å². The van der Waals surface area contributed by atoms with Crippen molar-refractivity contribution < 1.29 is 4.52 Å². The zero-order chi connectivity index (χ0) is 13.2. The van der Waals surface area contributed by atoms with Crippen LogP contribution in [0.15, 0.2) is 4.52 Å². The summed E-state index contributed by atoms with van der Waals surface area (Å²) in [7, 11) is 0. The summed E-state index contributed by atoms with van der Waals surface area (Å²) in [5.41, 5.74) is -0.0644. The van der Waals surface area contributed by atoms with Gasteiger partial charge in [0.1, 0.15) is 0 Å². The Bertz CT molecular complexity index is 352. The molecule has 98 valence electrons. The van der Waals surface area contributed by atoms with Gasteiger partial charge in [0.05, 0.1) is 6.04 Å². The maximum Gasteiger partial charge on any atom is 0.243 e. The van der Waals surface area contributed by atoms with Gasteiger partial charge in [0.2, 0.25) is 5.89 Å². The Balaban J connectivity index is 2.70. The number of hydrogen-bond donors (Lipinski definition) is 1. The third kappa shape index (κ3) is 3.80. The van der Waals surface area contributed by atoms with Crippen molar-refractivity contribution in [3.8, 4) is 0 Å². The van der Waals surface area contributed by atoms with Crippen molar-refractivity contribution in [2.75, 3.05) is 0 Å². The molecule has 4 heteroatoms. The van der Waals surface area contributed by atoms with E-state index in [4.69, 9.17) is 4.52 Å². The van der Waals surface area contributed by atoms with Crippen molar-refractivity contribution in [3.63, 3.8) is 0 Å². The fourth-order valence-corrected chi connectivity index (χ4v) is 1.37. The molecule has 0 bridgehead atoms. The largest absolute Gasteiger partial charge is 0.338 e. The molecule has 1 N–H and O–H groups in total. The number of aromatic nitrogens is 2. The molecule has 17 heavy (non-hydrogen) atoms. The summed E-state index contributed by atoms with van der Waals surface area (Å²) in [6, 6.07) is 0.519. The Morgan fingerprint density at radius 3 is 2.12 bits per heavy atom. The molecule has 0 aromatic carbocycles. The van der Waals surface area contributed by atoms with Crippen molar-refractivity contribution >= 4 is 0 Å². The van der Waals surface area contributed by atoms with E-state index in [-0.39, 0.29) is 11.5 Å². The lowest BCUT2D eigenvalue weighted by molar-refractivity contribution is 0.303. The summed E-state index contributed by atoms with van der Waals surface area (Å²) >= 11 is 0. The van der Waals surface area contributed by atoms with E-state index in [2.05, 4.69) is 63.9 Å². The topological polar surface area (TPSA) is 51.0 Å². The van der Waals surface area contributed by atoms with Crippen molar-refractivity contribution in [2.24, 2.45) is 5.92 Å². The molecule has 0 amide bonds. The van der Waals surface area contributed by atoms with E-state index in [9.17, 15) is 0 Å². The zero-order valence-corrected chi connectivity index (χ0v) is 12.0. The van der Waals surface area contributed by atoms with Gasteiger partial charge in [-0.3, -0.25) is 0 Å². The Labute approximate surface area is 104 Å². The van der Waals surface area contributed by atoms with Crippen molar-refractivity contribution in [2.45, 2.75) is 66.0 Å². The van der Waals surface area contributed by atoms with Crippen LogP contribution in [0.4, 0.5) is 0 Å². The minimum atomic E-state index is -0.0644. The fourth-order valence-electron chi connectivity index (χ4n) is 1.37. The molecular weight excluding hydrogens is 214 g/mol. The van der Waals surface area contributed by atoms with E-state index in [1.807, 2.05) is 0 Å². The van der Waals surface area contributed by atoms with E-state index in [1.54, 1.807) is 0 Å². The zero-order valence-electron chi connectivity index (χ0n) is 12.0. The van der Waals surface area contributed by atoms with Crippen molar-refractivity contribution in [1.29, 1.82) is 0 Å². The summed E-state index contributed by atoms with van der Waals surface area (Å²) in [5.74, 6) is 2.02. The molecule has 0 radical (unpaired) electrons. The molecular formula is C13H25N3O. The van der Waals surface area contributed by atoms with Gasteiger partial charge in [-0.15, -0.1) is 0 Å². The number of hydrogen-bond acceptors (Lipinski definition) is 4. The van der Waals surface area contributed by atoms with E-state index in [1.165, 1.54) is 0 Å². The molecule has 0 fully saturated rings. The lowest BCUT2D eigenvalue weighted by Crippen LogP contribution is -2.33. The fraction of sp³-hybridized carbons (Fsp3) is 0.846. The highest BCUT2D eigenvalue weighted by molar-refractivity contribution is 5.01. The van der Waals surface area contributed by atoms with Gasteiger partial charge in [0, 0.05) is 11.5 Å². The van der Waals surface area contributed by atoms with E-state index < -0.39 is 0 Å². The first kappa shape index (κ1) is 14.2. The maximum absolute atomic E-state index is 5.31. The molecule has 0 spiro atoms. The van der Waals surface area contributed by atoms with E-state index in [0.29, 0.717) is 17.9 Å². The average Bonchev–Trinajstić information content (AvgIpc) is 2.65. The van der Waals surface area contributed by atoms with Crippen LogP contribution in [0, 0.1) is 5.92 Å². The molecule has 1 heterocycles. The van der Waals surface area contributed by atoms with E-state index >= 15 is 0 Å². The number of rotatable bonds is 4. The summed E-state index contributed by atoms with van der Waals surface area (Å²) in [5, 5.41) is 7.50. The van der Waals surface area contributed by atoms with Gasteiger partial charge >= 0.3 is 0 Å². The standard InChI is InChI=1S/C13H25N3O/c1-8(2)9(3)14-10(4)11-15-12(16-17-11)13(5,6)7/h8-10,14H,1-7H3. The SMILES string of the molecule is CC(NC(C)C(C)C)c1nc(C(C)(C)C)no1. The van der Waals surface area contributed by atoms with Gasteiger partial charge in [0.25, 0.3) is 0 Å². The highest BCUT2D eigenvalue weighted by Gasteiger charge is 2.23. The van der Waals surface area contributed by atoms with Crippen LogP contribution < -0.4 is 5.32 Å².